The number of hydrazine groups is 1. The molecular weight excluding hydrogens is 360 g/mol. The Morgan fingerprint density at radius 1 is 1.00 bits per heavy atom. The van der Waals surface area contributed by atoms with Crippen LogP contribution < -0.4 is 10.9 Å². The summed E-state index contributed by atoms with van der Waals surface area (Å²) >= 11 is 1.53. The van der Waals surface area contributed by atoms with E-state index in [2.05, 4.69) is 15.8 Å². The number of benzene rings is 1. The molecule has 0 atom stereocenters. The summed E-state index contributed by atoms with van der Waals surface area (Å²) in [4.78, 5) is 30.9. The van der Waals surface area contributed by atoms with Gasteiger partial charge in [0.05, 0.1) is 17.4 Å². The van der Waals surface area contributed by atoms with Gasteiger partial charge in [0, 0.05) is 10.6 Å². The van der Waals surface area contributed by atoms with Crippen LogP contribution in [0.2, 0.25) is 0 Å². The third-order valence-electron chi connectivity index (χ3n) is 4.67. The van der Waals surface area contributed by atoms with E-state index in [0.29, 0.717) is 10.6 Å². The minimum Gasteiger partial charge on any atom is -0.295 e. The van der Waals surface area contributed by atoms with Crippen molar-refractivity contribution in [2.75, 3.05) is 0 Å². The van der Waals surface area contributed by atoms with Gasteiger partial charge in [-0.25, -0.2) is 4.98 Å². The topological polar surface area (TPSA) is 76.0 Å². The molecule has 0 saturated carbocycles. The van der Waals surface area contributed by atoms with E-state index < -0.39 is 5.91 Å². The lowest BCUT2D eigenvalue weighted by Crippen LogP contribution is -2.42. The maximum absolute atomic E-state index is 12.5. The first-order valence-corrected chi connectivity index (χ1v) is 9.84. The van der Waals surface area contributed by atoms with Crippen molar-refractivity contribution in [1.29, 1.82) is 0 Å². The minimum absolute atomic E-state index is 0.285. The molecule has 2 aromatic heterocycles. The Morgan fingerprint density at radius 3 is 2.63 bits per heavy atom. The van der Waals surface area contributed by atoms with Crippen LogP contribution in [0.25, 0.3) is 5.69 Å². The standard InChI is InChI=1S/C20H20N4O2S/c25-19(16-12-21-13-24(16)15-8-4-2-5-9-15)22-23-20(26)18-11-14-7-3-1-6-10-17(14)27-18/h2,4-5,8-9,11-13H,1,3,6-7,10H2,(H,22,25)(H,23,26). The normalized spacial score (nSPS) is 13.5. The van der Waals surface area contributed by atoms with Gasteiger partial charge >= 0.3 is 0 Å². The average molecular weight is 380 g/mol. The molecule has 4 rings (SSSR count). The van der Waals surface area contributed by atoms with E-state index in [1.54, 1.807) is 10.9 Å². The van der Waals surface area contributed by atoms with Gasteiger partial charge < -0.3 is 0 Å². The fourth-order valence-corrected chi connectivity index (χ4v) is 4.42. The number of carbonyl (C=O) groups excluding carboxylic acids is 2. The number of carbonyl (C=O) groups is 2. The summed E-state index contributed by atoms with van der Waals surface area (Å²) in [7, 11) is 0. The zero-order valence-corrected chi connectivity index (χ0v) is 15.6. The van der Waals surface area contributed by atoms with E-state index in [9.17, 15) is 9.59 Å². The number of imidazole rings is 1. The van der Waals surface area contributed by atoms with E-state index in [1.165, 1.54) is 47.2 Å². The second-order valence-corrected chi connectivity index (χ2v) is 7.65. The Hall–Kier alpha value is -2.93. The number of aryl methyl sites for hydroxylation is 2. The molecule has 2 amide bonds. The van der Waals surface area contributed by atoms with Crippen LogP contribution in [0, 0.1) is 0 Å². The molecule has 2 N–H and O–H groups in total. The van der Waals surface area contributed by atoms with Crippen LogP contribution in [0.5, 0.6) is 0 Å². The number of para-hydroxylation sites is 1. The van der Waals surface area contributed by atoms with Crippen molar-refractivity contribution in [3.05, 3.63) is 69.9 Å². The Bertz CT molecular complexity index is 938. The summed E-state index contributed by atoms with van der Waals surface area (Å²) < 4.78 is 1.68. The van der Waals surface area contributed by atoms with Gasteiger partial charge in [-0.1, -0.05) is 24.6 Å². The van der Waals surface area contributed by atoms with E-state index in [4.69, 9.17) is 0 Å². The summed E-state index contributed by atoms with van der Waals surface area (Å²) in [6.45, 7) is 0. The molecular formula is C20H20N4O2S. The van der Waals surface area contributed by atoms with E-state index >= 15 is 0 Å². The van der Waals surface area contributed by atoms with Crippen LogP contribution in [0.1, 0.15) is 49.9 Å². The maximum Gasteiger partial charge on any atom is 0.288 e. The smallest absolute Gasteiger partial charge is 0.288 e. The maximum atomic E-state index is 12.5. The largest absolute Gasteiger partial charge is 0.295 e. The number of nitrogens with zero attached hydrogens (tertiary/aromatic N) is 2. The highest BCUT2D eigenvalue weighted by Gasteiger charge is 2.18. The predicted molar refractivity (Wildman–Crippen MR) is 104 cm³/mol. The number of thiophene rings is 1. The van der Waals surface area contributed by atoms with Gasteiger partial charge in [-0.15, -0.1) is 11.3 Å². The van der Waals surface area contributed by atoms with Gasteiger partial charge in [-0.3, -0.25) is 25.0 Å². The Labute approximate surface area is 161 Å². The molecule has 0 saturated heterocycles. The van der Waals surface area contributed by atoms with Crippen LogP contribution in [-0.4, -0.2) is 21.4 Å². The molecule has 3 aromatic rings. The van der Waals surface area contributed by atoms with Crippen molar-refractivity contribution in [1.82, 2.24) is 20.4 Å². The fraction of sp³-hybridized carbons (Fsp3) is 0.250. The zero-order valence-electron chi connectivity index (χ0n) is 14.8. The van der Waals surface area contributed by atoms with E-state index in [1.807, 2.05) is 36.4 Å². The van der Waals surface area contributed by atoms with Crippen molar-refractivity contribution < 1.29 is 9.59 Å². The minimum atomic E-state index is -0.414. The molecule has 138 valence electrons. The molecule has 0 fully saturated rings. The van der Waals surface area contributed by atoms with Crippen molar-refractivity contribution in [2.24, 2.45) is 0 Å². The first-order chi connectivity index (χ1) is 13.2. The summed E-state index contributed by atoms with van der Waals surface area (Å²) in [5, 5.41) is 0. The van der Waals surface area contributed by atoms with Crippen molar-refractivity contribution in [2.45, 2.75) is 32.1 Å². The molecule has 0 radical (unpaired) electrons. The number of nitrogens with one attached hydrogen (secondary N) is 2. The van der Waals surface area contributed by atoms with Gasteiger partial charge in [0.1, 0.15) is 5.69 Å². The zero-order chi connectivity index (χ0) is 18.6. The number of aromatic nitrogens is 2. The summed E-state index contributed by atoms with van der Waals surface area (Å²) in [5.41, 5.74) is 7.47. The van der Waals surface area contributed by atoms with Gasteiger partial charge in [0.2, 0.25) is 0 Å². The van der Waals surface area contributed by atoms with Gasteiger partial charge in [-0.2, -0.15) is 0 Å². The van der Waals surface area contributed by atoms with Gasteiger partial charge in [-0.05, 0) is 49.4 Å². The lowest BCUT2D eigenvalue weighted by molar-refractivity contribution is 0.0845. The van der Waals surface area contributed by atoms with Crippen molar-refractivity contribution in [3.8, 4) is 5.69 Å². The number of hydrogen-bond donors (Lipinski definition) is 2. The molecule has 0 bridgehead atoms. The highest BCUT2D eigenvalue weighted by molar-refractivity contribution is 7.14. The Morgan fingerprint density at radius 2 is 1.78 bits per heavy atom. The molecule has 7 heteroatoms. The van der Waals surface area contributed by atoms with E-state index in [0.717, 1.165) is 18.5 Å². The summed E-state index contributed by atoms with van der Waals surface area (Å²) in [6, 6.07) is 11.4. The molecule has 0 spiro atoms. The monoisotopic (exact) mass is 380 g/mol. The van der Waals surface area contributed by atoms with Crippen molar-refractivity contribution >= 4 is 23.2 Å². The molecule has 6 nitrogen and oxygen atoms in total. The highest BCUT2D eigenvalue weighted by Crippen LogP contribution is 2.28. The van der Waals surface area contributed by atoms with Crippen LogP contribution in [0.4, 0.5) is 0 Å². The lowest BCUT2D eigenvalue weighted by Gasteiger charge is -2.09. The predicted octanol–water partition coefficient (Wildman–Crippen LogP) is 3.28. The van der Waals surface area contributed by atoms with Crippen LogP contribution in [-0.2, 0) is 12.8 Å². The molecule has 27 heavy (non-hydrogen) atoms. The number of rotatable bonds is 3. The third-order valence-corrected chi connectivity index (χ3v) is 5.90. The van der Waals surface area contributed by atoms with Gasteiger partial charge in [0.15, 0.2) is 0 Å². The number of fused-ring (bicyclic) bond motifs is 1. The molecule has 1 aliphatic carbocycles. The highest BCUT2D eigenvalue weighted by atomic mass is 32.1. The second kappa shape index (κ2) is 7.75. The molecule has 0 aliphatic heterocycles. The van der Waals surface area contributed by atoms with Crippen LogP contribution >= 0.6 is 11.3 Å². The first kappa shape index (κ1) is 17.5. The number of hydrogen-bond acceptors (Lipinski definition) is 4. The Kier molecular flexibility index (Phi) is 5.02. The molecule has 2 heterocycles. The fourth-order valence-electron chi connectivity index (χ4n) is 3.28. The average Bonchev–Trinajstić information content (AvgIpc) is 3.29. The second-order valence-electron chi connectivity index (χ2n) is 6.51. The van der Waals surface area contributed by atoms with Gasteiger partial charge in [0.25, 0.3) is 11.8 Å². The third kappa shape index (κ3) is 3.78. The van der Waals surface area contributed by atoms with Crippen LogP contribution in [0.3, 0.4) is 0 Å². The molecule has 1 aliphatic rings. The van der Waals surface area contributed by atoms with Crippen molar-refractivity contribution in [3.63, 3.8) is 0 Å². The Balaban J connectivity index is 1.43. The quantitative estimate of drug-likeness (QED) is 0.541. The van der Waals surface area contributed by atoms with E-state index in [-0.39, 0.29) is 5.91 Å². The summed E-state index contributed by atoms with van der Waals surface area (Å²) in [5.74, 6) is -0.699. The SMILES string of the molecule is O=C(NNC(=O)c1cncn1-c1ccccc1)c1cc2c(s1)CCCCC2. The van der Waals surface area contributed by atoms with Crippen LogP contribution in [0.15, 0.2) is 48.9 Å². The number of amides is 2. The summed E-state index contributed by atoms with van der Waals surface area (Å²) in [6.07, 6.45) is 8.70. The molecule has 1 aromatic carbocycles. The molecule has 0 unspecified atom stereocenters. The first-order valence-electron chi connectivity index (χ1n) is 9.02. The lowest BCUT2D eigenvalue weighted by atomic mass is 10.1.